The number of hydrogen-bond donors (Lipinski definition) is 0. The number of fused-ring (bicyclic) bond motifs is 1. The van der Waals surface area contributed by atoms with Crippen molar-refractivity contribution < 1.29 is 19.1 Å². The monoisotopic (exact) mass is 384 g/mol. The number of carbonyl (C=O) groups excluding carboxylic acids is 2. The molecule has 0 radical (unpaired) electrons. The van der Waals surface area contributed by atoms with Crippen LogP contribution < -0.4 is 9.47 Å². The highest BCUT2D eigenvalue weighted by atomic mass is 16.5. The lowest BCUT2D eigenvalue weighted by Crippen LogP contribution is -2.07. The van der Waals surface area contributed by atoms with E-state index >= 15 is 0 Å². The molecule has 3 aromatic rings. The Labute approximate surface area is 169 Å². The Morgan fingerprint density at radius 1 is 0.966 bits per heavy atom. The number of ketones is 2. The molecule has 29 heavy (non-hydrogen) atoms. The maximum atomic E-state index is 12.7. The number of Topliss-reactive ketones (excluding diaryl/α,β-unsaturated/α-hetero) is 2. The van der Waals surface area contributed by atoms with E-state index in [4.69, 9.17) is 9.47 Å². The third-order valence-corrected chi connectivity index (χ3v) is 4.78. The van der Waals surface area contributed by atoms with Gasteiger partial charge in [-0.1, -0.05) is 54.6 Å². The Morgan fingerprint density at radius 3 is 2.34 bits per heavy atom. The van der Waals surface area contributed by atoms with Crippen LogP contribution in [-0.4, -0.2) is 18.2 Å². The van der Waals surface area contributed by atoms with Crippen LogP contribution in [0.25, 0.3) is 17.2 Å². The zero-order valence-corrected chi connectivity index (χ0v) is 16.3. The third-order valence-electron chi connectivity index (χ3n) is 4.78. The first kappa shape index (κ1) is 18.7. The van der Waals surface area contributed by atoms with Gasteiger partial charge in [0.2, 0.25) is 5.78 Å². The number of carbonyl (C=O) groups is 2. The summed E-state index contributed by atoms with van der Waals surface area (Å²) in [6.07, 6.45) is 1.74. The fourth-order valence-electron chi connectivity index (χ4n) is 3.26. The van der Waals surface area contributed by atoms with E-state index in [1.54, 1.807) is 18.2 Å². The largest absolute Gasteiger partial charge is 0.485 e. The predicted molar refractivity (Wildman–Crippen MR) is 112 cm³/mol. The van der Waals surface area contributed by atoms with Crippen molar-refractivity contribution in [2.24, 2.45) is 0 Å². The lowest BCUT2D eigenvalue weighted by molar-refractivity contribution is -0.118. The molecule has 0 N–H and O–H groups in total. The summed E-state index contributed by atoms with van der Waals surface area (Å²) in [5, 5.41) is 0. The van der Waals surface area contributed by atoms with Crippen LogP contribution in [0.2, 0.25) is 0 Å². The Balaban J connectivity index is 1.58. The van der Waals surface area contributed by atoms with Crippen molar-refractivity contribution >= 4 is 17.6 Å². The lowest BCUT2D eigenvalue weighted by atomic mass is 10.0. The summed E-state index contributed by atoms with van der Waals surface area (Å²) in [5.74, 6) is 1.08. The summed E-state index contributed by atoms with van der Waals surface area (Å²) in [7, 11) is 0. The van der Waals surface area contributed by atoms with Crippen LogP contribution in [0.15, 0.2) is 72.5 Å². The van der Waals surface area contributed by atoms with Crippen molar-refractivity contribution in [2.45, 2.75) is 13.8 Å². The van der Waals surface area contributed by atoms with E-state index in [1.165, 1.54) is 6.92 Å². The van der Waals surface area contributed by atoms with Crippen LogP contribution in [0, 0.1) is 6.92 Å². The molecule has 1 heterocycles. The molecule has 0 saturated heterocycles. The SMILES string of the molecule is CC(=O)COc1ccc2c(c1C)O/C(=C\c1ccc(-c3ccccc3)cc1)C2=O. The van der Waals surface area contributed by atoms with Gasteiger partial charge in [-0.05, 0) is 48.7 Å². The summed E-state index contributed by atoms with van der Waals surface area (Å²) < 4.78 is 11.4. The number of rotatable bonds is 5. The molecule has 1 aliphatic heterocycles. The van der Waals surface area contributed by atoms with Crippen molar-refractivity contribution in [3.63, 3.8) is 0 Å². The molecule has 144 valence electrons. The van der Waals surface area contributed by atoms with Crippen molar-refractivity contribution in [1.29, 1.82) is 0 Å². The average molecular weight is 384 g/mol. The van der Waals surface area contributed by atoms with Crippen molar-refractivity contribution in [1.82, 2.24) is 0 Å². The van der Waals surface area contributed by atoms with Gasteiger partial charge in [0, 0.05) is 5.56 Å². The normalized spacial score (nSPS) is 13.9. The van der Waals surface area contributed by atoms with Crippen molar-refractivity contribution in [3.05, 3.63) is 89.2 Å². The summed E-state index contributed by atoms with van der Waals surface area (Å²) in [6.45, 7) is 3.27. The number of benzene rings is 3. The molecule has 0 unspecified atom stereocenters. The minimum Gasteiger partial charge on any atom is -0.485 e. The highest BCUT2D eigenvalue weighted by Crippen LogP contribution is 2.39. The highest BCUT2D eigenvalue weighted by Gasteiger charge is 2.30. The predicted octanol–water partition coefficient (Wildman–Crippen LogP) is 5.25. The van der Waals surface area contributed by atoms with E-state index in [1.807, 2.05) is 49.4 Å². The second-order valence-corrected chi connectivity index (χ2v) is 6.98. The molecule has 0 saturated carbocycles. The summed E-state index contributed by atoms with van der Waals surface area (Å²) in [5.41, 5.74) is 4.34. The van der Waals surface area contributed by atoms with E-state index in [9.17, 15) is 9.59 Å². The van der Waals surface area contributed by atoms with Crippen molar-refractivity contribution in [3.8, 4) is 22.6 Å². The molecule has 0 fully saturated rings. The maximum absolute atomic E-state index is 12.7. The van der Waals surface area contributed by atoms with E-state index in [-0.39, 0.29) is 23.9 Å². The molecule has 3 aromatic carbocycles. The first-order valence-electron chi connectivity index (χ1n) is 9.38. The highest BCUT2D eigenvalue weighted by molar-refractivity contribution is 6.15. The van der Waals surface area contributed by atoms with Crippen LogP contribution in [0.4, 0.5) is 0 Å². The molecule has 0 bridgehead atoms. The second kappa shape index (κ2) is 7.76. The van der Waals surface area contributed by atoms with Crippen LogP contribution in [0.5, 0.6) is 11.5 Å². The molecule has 0 atom stereocenters. The molecule has 0 amide bonds. The molecule has 4 heteroatoms. The Hall–Kier alpha value is -3.66. The van der Waals surface area contributed by atoms with Crippen LogP contribution in [0.1, 0.15) is 28.4 Å². The molecule has 0 spiro atoms. The molecule has 0 aliphatic carbocycles. The average Bonchev–Trinajstić information content (AvgIpc) is 3.05. The molecule has 1 aliphatic rings. The van der Waals surface area contributed by atoms with E-state index in [2.05, 4.69) is 12.1 Å². The molecule has 4 rings (SSSR count). The minimum absolute atomic E-state index is 0.00989. The van der Waals surface area contributed by atoms with Gasteiger partial charge in [-0.25, -0.2) is 0 Å². The van der Waals surface area contributed by atoms with Crippen LogP contribution >= 0.6 is 0 Å². The van der Waals surface area contributed by atoms with Gasteiger partial charge in [-0.15, -0.1) is 0 Å². The van der Waals surface area contributed by atoms with Crippen LogP contribution in [0.3, 0.4) is 0 Å². The smallest absolute Gasteiger partial charge is 0.231 e. The topological polar surface area (TPSA) is 52.6 Å². The minimum atomic E-state index is -0.159. The van der Waals surface area contributed by atoms with Gasteiger partial charge in [0.25, 0.3) is 0 Å². The van der Waals surface area contributed by atoms with E-state index < -0.39 is 0 Å². The van der Waals surface area contributed by atoms with Gasteiger partial charge in [-0.3, -0.25) is 9.59 Å². The zero-order chi connectivity index (χ0) is 20.4. The zero-order valence-electron chi connectivity index (χ0n) is 16.3. The fraction of sp³-hybridized carbons (Fsp3) is 0.120. The fourth-order valence-corrected chi connectivity index (χ4v) is 3.26. The second-order valence-electron chi connectivity index (χ2n) is 6.98. The first-order valence-corrected chi connectivity index (χ1v) is 9.38. The van der Waals surface area contributed by atoms with Gasteiger partial charge in [0.15, 0.2) is 11.5 Å². The van der Waals surface area contributed by atoms with Crippen LogP contribution in [-0.2, 0) is 4.79 Å². The summed E-state index contributed by atoms with van der Waals surface area (Å²) in [4.78, 5) is 23.9. The number of ether oxygens (including phenoxy) is 2. The quantitative estimate of drug-likeness (QED) is 0.564. The van der Waals surface area contributed by atoms with Crippen molar-refractivity contribution in [2.75, 3.05) is 6.61 Å². The lowest BCUT2D eigenvalue weighted by Gasteiger charge is -2.10. The molecular weight excluding hydrogens is 364 g/mol. The first-order chi connectivity index (χ1) is 14.0. The molecule has 0 aromatic heterocycles. The summed E-state index contributed by atoms with van der Waals surface area (Å²) in [6, 6.07) is 21.5. The Bertz CT molecular complexity index is 1110. The Morgan fingerprint density at radius 2 is 1.66 bits per heavy atom. The van der Waals surface area contributed by atoms with Gasteiger partial charge in [0.05, 0.1) is 5.56 Å². The third kappa shape index (κ3) is 3.83. The van der Waals surface area contributed by atoms with Gasteiger partial charge in [-0.2, -0.15) is 0 Å². The standard InChI is InChI=1S/C25H20O4/c1-16(26)15-28-22-13-12-21-24(27)23(29-25(21)17(22)2)14-18-8-10-20(11-9-18)19-6-4-3-5-7-19/h3-14H,15H2,1-2H3/b23-14-. The van der Waals surface area contributed by atoms with Gasteiger partial charge >= 0.3 is 0 Å². The molecular formula is C25H20O4. The maximum Gasteiger partial charge on any atom is 0.231 e. The van der Waals surface area contributed by atoms with Gasteiger partial charge < -0.3 is 9.47 Å². The summed E-state index contributed by atoms with van der Waals surface area (Å²) >= 11 is 0. The van der Waals surface area contributed by atoms with E-state index in [0.29, 0.717) is 22.6 Å². The number of hydrogen-bond acceptors (Lipinski definition) is 4. The molecule has 4 nitrogen and oxygen atoms in total. The van der Waals surface area contributed by atoms with Gasteiger partial charge in [0.1, 0.15) is 18.1 Å². The Kier molecular flexibility index (Phi) is 5.00. The van der Waals surface area contributed by atoms with E-state index in [0.717, 1.165) is 16.7 Å². The number of allylic oxidation sites excluding steroid dienone is 1.